The molecule has 0 saturated heterocycles. The molecule has 37 heavy (non-hydrogen) atoms. The summed E-state index contributed by atoms with van der Waals surface area (Å²) in [7, 11) is -0.968. The van der Waals surface area contributed by atoms with E-state index >= 15 is 0 Å². The van der Waals surface area contributed by atoms with Crippen LogP contribution in [0.3, 0.4) is 0 Å². The molecule has 3 aromatic carbocycles. The number of pyridine rings is 1. The zero-order valence-electron chi connectivity index (χ0n) is 20.4. The monoisotopic (exact) mass is 536 g/mol. The Morgan fingerprint density at radius 1 is 0.919 bits per heavy atom. The van der Waals surface area contributed by atoms with Gasteiger partial charge in [0.05, 0.1) is 31.5 Å². The molecule has 2 aromatic heterocycles. The summed E-state index contributed by atoms with van der Waals surface area (Å²) < 4.78 is 48.6. The Morgan fingerprint density at radius 2 is 1.65 bits per heavy atom. The van der Waals surface area contributed by atoms with E-state index in [0.29, 0.717) is 39.2 Å². The SMILES string of the molecule is COc1ccc(CN(Cc2cc3ccc(OC)cc3[nH]c2=O)S(=O)(=O)c2c(C)ccc3nsnc23)cc1. The van der Waals surface area contributed by atoms with Crippen LogP contribution in [-0.2, 0) is 23.1 Å². The molecule has 0 atom stereocenters. The van der Waals surface area contributed by atoms with Gasteiger partial charge < -0.3 is 14.5 Å². The van der Waals surface area contributed by atoms with Crippen LogP contribution in [0.5, 0.6) is 11.5 Å². The summed E-state index contributed by atoms with van der Waals surface area (Å²) in [5, 5.41) is 0.763. The number of rotatable bonds is 8. The van der Waals surface area contributed by atoms with Gasteiger partial charge in [0.1, 0.15) is 27.4 Å². The van der Waals surface area contributed by atoms with E-state index < -0.39 is 10.0 Å². The molecule has 0 spiro atoms. The minimum atomic E-state index is -4.09. The van der Waals surface area contributed by atoms with Crippen molar-refractivity contribution in [1.29, 1.82) is 0 Å². The molecule has 5 rings (SSSR count). The zero-order chi connectivity index (χ0) is 26.2. The van der Waals surface area contributed by atoms with Gasteiger partial charge in [-0.1, -0.05) is 18.2 Å². The van der Waals surface area contributed by atoms with Gasteiger partial charge in [0.25, 0.3) is 5.56 Å². The molecule has 0 unspecified atom stereocenters. The Balaban J connectivity index is 1.62. The highest BCUT2D eigenvalue weighted by Crippen LogP contribution is 2.30. The number of aryl methyl sites for hydroxylation is 1. The first-order valence-electron chi connectivity index (χ1n) is 11.3. The molecule has 9 nitrogen and oxygen atoms in total. The van der Waals surface area contributed by atoms with Crippen LogP contribution in [0.4, 0.5) is 0 Å². The fourth-order valence-electron chi connectivity index (χ4n) is 4.20. The molecule has 0 radical (unpaired) electrons. The largest absolute Gasteiger partial charge is 0.497 e. The van der Waals surface area contributed by atoms with Crippen LogP contribution in [0.1, 0.15) is 16.7 Å². The maximum atomic E-state index is 14.2. The number of methoxy groups -OCH3 is 2. The summed E-state index contributed by atoms with van der Waals surface area (Å²) in [4.78, 5) is 16.0. The van der Waals surface area contributed by atoms with Crippen molar-refractivity contribution in [3.8, 4) is 11.5 Å². The Labute approximate surface area is 217 Å². The lowest BCUT2D eigenvalue weighted by atomic mass is 10.1. The lowest BCUT2D eigenvalue weighted by molar-refractivity contribution is 0.398. The Morgan fingerprint density at radius 3 is 2.38 bits per heavy atom. The number of ether oxygens (including phenoxy) is 2. The topological polar surface area (TPSA) is 114 Å². The van der Waals surface area contributed by atoms with Crippen molar-refractivity contribution in [2.75, 3.05) is 14.2 Å². The van der Waals surface area contributed by atoms with Gasteiger partial charge in [-0.25, -0.2) is 8.42 Å². The van der Waals surface area contributed by atoms with Crippen LogP contribution < -0.4 is 15.0 Å². The molecule has 0 bridgehead atoms. The zero-order valence-corrected chi connectivity index (χ0v) is 22.0. The van der Waals surface area contributed by atoms with Crippen molar-refractivity contribution in [3.05, 3.63) is 87.7 Å². The summed E-state index contributed by atoms with van der Waals surface area (Å²) in [5.41, 5.74) is 2.68. The van der Waals surface area contributed by atoms with Crippen molar-refractivity contribution in [1.82, 2.24) is 18.0 Å². The fraction of sp³-hybridized carbons (Fsp3) is 0.192. The molecule has 5 aromatic rings. The molecule has 190 valence electrons. The van der Waals surface area contributed by atoms with Crippen molar-refractivity contribution in [3.63, 3.8) is 0 Å². The van der Waals surface area contributed by atoms with E-state index in [1.54, 1.807) is 75.7 Å². The number of H-pyrrole nitrogens is 1. The molecular weight excluding hydrogens is 512 g/mol. The lowest BCUT2D eigenvalue weighted by Crippen LogP contribution is -2.33. The third-order valence-corrected chi connectivity index (χ3v) is 8.68. The Bertz CT molecular complexity index is 1760. The van der Waals surface area contributed by atoms with Gasteiger partial charge in [0, 0.05) is 24.7 Å². The highest BCUT2D eigenvalue weighted by molar-refractivity contribution is 7.89. The van der Waals surface area contributed by atoms with Crippen molar-refractivity contribution >= 4 is 43.7 Å². The standard InChI is InChI=1S/C26H24N4O5S2/c1-16-4-11-22-24(29-36-28-22)25(16)37(32,33)30(14-17-5-8-20(34-2)9-6-17)15-19-12-18-7-10-21(35-3)13-23(18)27-26(19)31/h4-13H,14-15H2,1-3H3,(H,27,31). The van der Waals surface area contributed by atoms with Gasteiger partial charge in [0.15, 0.2) is 0 Å². The van der Waals surface area contributed by atoms with E-state index in [9.17, 15) is 13.2 Å². The minimum Gasteiger partial charge on any atom is -0.497 e. The number of fused-ring (bicyclic) bond motifs is 2. The van der Waals surface area contributed by atoms with Crippen LogP contribution >= 0.6 is 11.7 Å². The van der Waals surface area contributed by atoms with Gasteiger partial charge >= 0.3 is 0 Å². The van der Waals surface area contributed by atoms with Crippen molar-refractivity contribution in [2.45, 2.75) is 24.9 Å². The number of nitrogens with zero attached hydrogens (tertiary/aromatic N) is 3. The maximum absolute atomic E-state index is 14.2. The third kappa shape index (κ3) is 4.80. The first-order valence-corrected chi connectivity index (χ1v) is 13.5. The van der Waals surface area contributed by atoms with E-state index in [0.717, 1.165) is 22.7 Å². The molecular formula is C26H24N4O5S2. The second kappa shape index (κ2) is 9.92. The molecule has 0 amide bonds. The Hall–Kier alpha value is -3.80. The van der Waals surface area contributed by atoms with Crippen molar-refractivity contribution in [2.24, 2.45) is 0 Å². The maximum Gasteiger partial charge on any atom is 0.252 e. The van der Waals surface area contributed by atoms with Crippen LogP contribution in [0.2, 0.25) is 0 Å². The van der Waals surface area contributed by atoms with Gasteiger partial charge in [-0.05, 0) is 59.8 Å². The van der Waals surface area contributed by atoms with Crippen LogP contribution in [-0.4, -0.2) is 40.7 Å². The normalized spacial score (nSPS) is 11.9. The summed E-state index contributed by atoms with van der Waals surface area (Å²) in [5.74, 6) is 1.27. The molecule has 0 aliphatic heterocycles. The highest BCUT2D eigenvalue weighted by atomic mass is 32.2. The number of benzene rings is 3. The summed E-state index contributed by atoms with van der Waals surface area (Å²) in [6.07, 6.45) is 0. The van der Waals surface area contributed by atoms with Gasteiger partial charge in [-0.3, -0.25) is 4.79 Å². The first-order chi connectivity index (χ1) is 17.8. The van der Waals surface area contributed by atoms with E-state index in [-0.39, 0.29) is 23.5 Å². The van der Waals surface area contributed by atoms with E-state index in [1.807, 2.05) is 6.07 Å². The molecule has 2 heterocycles. The van der Waals surface area contributed by atoms with Crippen LogP contribution in [0.15, 0.2) is 70.4 Å². The fourth-order valence-corrected chi connectivity index (χ4v) is 6.56. The molecule has 0 saturated carbocycles. The van der Waals surface area contributed by atoms with E-state index in [2.05, 4.69) is 13.7 Å². The van der Waals surface area contributed by atoms with Gasteiger partial charge in [0.2, 0.25) is 10.0 Å². The third-order valence-electron chi connectivity index (χ3n) is 6.17. The number of aromatic amines is 1. The molecule has 1 N–H and O–H groups in total. The number of aromatic nitrogens is 3. The number of nitrogens with one attached hydrogen (secondary N) is 1. The predicted molar refractivity (Wildman–Crippen MR) is 143 cm³/mol. The second-order valence-electron chi connectivity index (χ2n) is 8.54. The smallest absolute Gasteiger partial charge is 0.252 e. The number of hydrogen-bond donors (Lipinski definition) is 1. The van der Waals surface area contributed by atoms with Crippen LogP contribution in [0, 0.1) is 6.92 Å². The minimum absolute atomic E-state index is 0.0415. The van der Waals surface area contributed by atoms with Crippen LogP contribution in [0.25, 0.3) is 21.9 Å². The highest BCUT2D eigenvalue weighted by Gasteiger charge is 2.30. The quantitative estimate of drug-likeness (QED) is 0.315. The average Bonchev–Trinajstić information content (AvgIpc) is 3.37. The summed E-state index contributed by atoms with van der Waals surface area (Å²) in [6, 6.07) is 17.7. The molecule has 0 fully saturated rings. The predicted octanol–water partition coefficient (Wildman–Crippen LogP) is 4.25. The molecule has 0 aliphatic carbocycles. The van der Waals surface area contributed by atoms with E-state index in [1.165, 1.54) is 4.31 Å². The van der Waals surface area contributed by atoms with Crippen molar-refractivity contribution < 1.29 is 17.9 Å². The molecule has 11 heteroatoms. The lowest BCUT2D eigenvalue weighted by Gasteiger charge is -2.23. The number of hydrogen-bond acceptors (Lipinski definition) is 8. The number of sulfonamides is 1. The van der Waals surface area contributed by atoms with Gasteiger partial charge in [-0.2, -0.15) is 13.1 Å². The Kier molecular flexibility index (Phi) is 6.67. The average molecular weight is 537 g/mol. The summed E-state index contributed by atoms with van der Waals surface area (Å²) in [6.45, 7) is 1.63. The van der Waals surface area contributed by atoms with E-state index in [4.69, 9.17) is 9.47 Å². The van der Waals surface area contributed by atoms with Gasteiger partial charge in [-0.15, -0.1) is 0 Å². The first kappa shape index (κ1) is 24.9. The molecule has 0 aliphatic rings. The second-order valence-corrected chi connectivity index (χ2v) is 10.9. The summed E-state index contributed by atoms with van der Waals surface area (Å²) >= 11 is 0.960.